The molecular weight excluding hydrogens is 224 g/mol. The van der Waals surface area contributed by atoms with Crippen LogP contribution in [0.5, 0.6) is 0 Å². The summed E-state index contributed by atoms with van der Waals surface area (Å²) in [5.74, 6) is 0. The van der Waals surface area contributed by atoms with E-state index in [-0.39, 0.29) is 0 Å². The third-order valence-corrected chi connectivity index (χ3v) is 7.72. The molecule has 0 aliphatic carbocycles. The molecule has 0 aromatic rings. The molecule has 0 heterocycles. The fourth-order valence-electron chi connectivity index (χ4n) is 2.52. The van der Waals surface area contributed by atoms with Crippen molar-refractivity contribution in [2.24, 2.45) is 0 Å². The van der Waals surface area contributed by atoms with Gasteiger partial charge in [-0.25, -0.2) is 0 Å². The Kier molecular flexibility index (Phi) is 9.19. The van der Waals surface area contributed by atoms with Gasteiger partial charge in [0.15, 0.2) is 0 Å². The average Bonchev–Trinajstić information content (AvgIpc) is 2.22. The second kappa shape index (κ2) is 9.12. The van der Waals surface area contributed by atoms with Crippen LogP contribution in [0.25, 0.3) is 0 Å². The van der Waals surface area contributed by atoms with Crippen LogP contribution in [0.3, 0.4) is 0 Å². The van der Waals surface area contributed by atoms with Crippen molar-refractivity contribution >= 4 is 8.40 Å². The van der Waals surface area contributed by atoms with E-state index >= 15 is 0 Å². The molecule has 2 nitrogen and oxygen atoms in total. The van der Waals surface area contributed by atoms with E-state index in [2.05, 4.69) is 51.5 Å². The standard InChI is InChI=1S/C14H34N2Si/c1-7-9-11-17(12-10-8-2,15-13(3)4)16-14(5)6/h13-16H,7-12H2,1-6H3. The Bertz CT molecular complexity index is 161. The quantitative estimate of drug-likeness (QED) is 0.578. The first-order chi connectivity index (χ1) is 7.95. The van der Waals surface area contributed by atoms with Gasteiger partial charge in [-0.15, -0.1) is 0 Å². The average molecular weight is 259 g/mol. The normalized spacial score (nSPS) is 12.7. The lowest BCUT2D eigenvalue weighted by molar-refractivity contribution is 0.629. The van der Waals surface area contributed by atoms with E-state index in [1.807, 2.05) is 0 Å². The van der Waals surface area contributed by atoms with Gasteiger partial charge in [0.05, 0.1) is 0 Å². The van der Waals surface area contributed by atoms with E-state index in [4.69, 9.17) is 0 Å². The Hall–Kier alpha value is 0.137. The highest BCUT2D eigenvalue weighted by Gasteiger charge is 2.33. The fraction of sp³-hybridized carbons (Fsp3) is 1.00. The monoisotopic (exact) mass is 258 g/mol. The number of hydrogen-bond acceptors (Lipinski definition) is 2. The summed E-state index contributed by atoms with van der Waals surface area (Å²) in [5, 5.41) is 0. The molecule has 0 bridgehead atoms. The Morgan fingerprint density at radius 3 is 1.35 bits per heavy atom. The molecule has 3 heteroatoms. The largest absolute Gasteiger partial charge is 0.323 e. The molecule has 0 unspecified atom stereocenters. The maximum atomic E-state index is 3.92. The van der Waals surface area contributed by atoms with E-state index in [0.717, 1.165) is 0 Å². The minimum atomic E-state index is -1.46. The van der Waals surface area contributed by atoms with E-state index in [1.54, 1.807) is 0 Å². The van der Waals surface area contributed by atoms with E-state index in [1.165, 1.54) is 37.8 Å². The molecule has 17 heavy (non-hydrogen) atoms. The molecule has 0 saturated carbocycles. The zero-order valence-corrected chi connectivity index (χ0v) is 13.9. The first-order valence-electron chi connectivity index (χ1n) is 7.51. The number of nitrogens with one attached hydrogen (secondary N) is 2. The topological polar surface area (TPSA) is 24.1 Å². The molecule has 0 atom stereocenters. The van der Waals surface area contributed by atoms with Crippen LogP contribution < -0.4 is 9.96 Å². The van der Waals surface area contributed by atoms with Gasteiger partial charge in [-0.1, -0.05) is 67.2 Å². The Morgan fingerprint density at radius 2 is 1.12 bits per heavy atom. The zero-order valence-electron chi connectivity index (χ0n) is 12.9. The molecule has 0 spiro atoms. The highest BCUT2D eigenvalue weighted by molar-refractivity contribution is 6.75. The van der Waals surface area contributed by atoms with Gasteiger partial charge < -0.3 is 9.96 Å². The molecule has 0 aliphatic heterocycles. The lowest BCUT2D eigenvalue weighted by Gasteiger charge is -2.37. The fourth-order valence-corrected chi connectivity index (χ4v) is 7.55. The van der Waals surface area contributed by atoms with Crippen molar-refractivity contribution in [1.82, 2.24) is 9.96 Å². The van der Waals surface area contributed by atoms with Crippen LogP contribution in [0.2, 0.25) is 12.1 Å². The lowest BCUT2D eigenvalue weighted by atomic mass is 10.4. The maximum Gasteiger partial charge on any atom is 0.201 e. The highest BCUT2D eigenvalue weighted by Crippen LogP contribution is 2.18. The van der Waals surface area contributed by atoms with Gasteiger partial charge in [-0.05, 0) is 24.2 Å². The van der Waals surface area contributed by atoms with Crippen LogP contribution in [-0.2, 0) is 0 Å². The van der Waals surface area contributed by atoms with Gasteiger partial charge in [0, 0.05) is 0 Å². The molecule has 104 valence electrons. The van der Waals surface area contributed by atoms with Crippen molar-refractivity contribution in [3.05, 3.63) is 0 Å². The van der Waals surface area contributed by atoms with Crippen molar-refractivity contribution in [1.29, 1.82) is 0 Å². The molecule has 0 radical (unpaired) electrons. The van der Waals surface area contributed by atoms with Crippen molar-refractivity contribution in [3.8, 4) is 0 Å². The molecule has 0 fully saturated rings. The van der Waals surface area contributed by atoms with Crippen LogP contribution in [0, 0.1) is 0 Å². The van der Waals surface area contributed by atoms with Gasteiger partial charge >= 0.3 is 0 Å². The summed E-state index contributed by atoms with van der Waals surface area (Å²) in [6.07, 6.45) is 5.33. The van der Waals surface area contributed by atoms with Gasteiger partial charge in [0.25, 0.3) is 0 Å². The number of unbranched alkanes of at least 4 members (excludes halogenated alkanes) is 2. The zero-order chi connectivity index (χ0) is 13.3. The maximum absolute atomic E-state index is 3.92. The summed E-state index contributed by atoms with van der Waals surface area (Å²) in [6, 6.07) is 3.95. The summed E-state index contributed by atoms with van der Waals surface area (Å²) in [6.45, 7) is 13.7. The van der Waals surface area contributed by atoms with E-state index in [9.17, 15) is 0 Å². The Balaban J connectivity index is 4.63. The summed E-state index contributed by atoms with van der Waals surface area (Å²) < 4.78 is 0. The van der Waals surface area contributed by atoms with Crippen LogP contribution in [-0.4, -0.2) is 20.5 Å². The predicted molar refractivity (Wildman–Crippen MR) is 81.7 cm³/mol. The third kappa shape index (κ3) is 7.95. The molecular formula is C14H34N2Si. The van der Waals surface area contributed by atoms with E-state index in [0.29, 0.717) is 12.1 Å². The summed E-state index contributed by atoms with van der Waals surface area (Å²) in [7, 11) is -1.46. The first-order valence-corrected chi connectivity index (χ1v) is 9.92. The molecule has 0 amide bonds. The van der Waals surface area contributed by atoms with Crippen LogP contribution >= 0.6 is 0 Å². The van der Waals surface area contributed by atoms with Crippen LogP contribution in [0.15, 0.2) is 0 Å². The molecule has 2 N–H and O–H groups in total. The highest BCUT2D eigenvalue weighted by atomic mass is 28.3. The first kappa shape index (κ1) is 17.1. The summed E-state index contributed by atoms with van der Waals surface area (Å²) in [4.78, 5) is 7.84. The minimum Gasteiger partial charge on any atom is -0.323 e. The predicted octanol–water partition coefficient (Wildman–Crippen LogP) is 4.02. The minimum absolute atomic E-state index is 0.599. The number of hydrogen-bond donors (Lipinski definition) is 2. The smallest absolute Gasteiger partial charge is 0.201 e. The second-order valence-electron chi connectivity index (χ2n) is 5.89. The SMILES string of the molecule is CCCC[Si](CCCC)(NC(C)C)NC(C)C. The van der Waals surface area contributed by atoms with Gasteiger partial charge in [-0.2, -0.15) is 0 Å². The van der Waals surface area contributed by atoms with Crippen molar-refractivity contribution in [2.45, 2.75) is 91.4 Å². The Morgan fingerprint density at radius 1 is 0.765 bits per heavy atom. The summed E-state index contributed by atoms with van der Waals surface area (Å²) in [5.41, 5.74) is 0. The number of rotatable bonds is 10. The van der Waals surface area contributed by atoms with Gasteiger partial charge in [-0.3, -0.25) is 0 Å². The lowest BCUT2D eigenvalue weighted by Crippen LogP contribution is -2.65. The third-order valence-electron chi connectivity index (χ3n) is 3.04. The summed E-state index contributed by atoms with van der Waals surface area (Å²) >= 11 is 0. The molecule has 0 aromatic carbocycles. The van der Waals surface area contributed by atoms with Crippen LogP contribution in [0.4, 0.5) is 0 Å². The van der Waals surface area contributed by atoms with E-state index < -0.39 is 8.40 Å². The molecule has 0 saturated heterocycles. The molecule has 0 rings (SSSR count). The molecule has 0 aliphatic rings. The van der Waals surface area contributed by atoms with Crippen molar-refractivity contribution < 1.29 is 0 Å². The van der Waals surface area contributed by atoms with Crippen molar-refractivity contribution in [3.63, 3.8) is 0 Å². The van der Waals surface area contributed by atoms with Crippen molar-refractivity contribution in [2.75, 3.05) is 0 Å². The Labute approximate surface area is 110 Å². The van der Waals surface area contributed by atoms with Crippen LogP contribution in [0.1, 0.15) is 67.2 Å². The van der Waals surface area contributed by atoms with Gasteiger partial charge in [0.2, 0.25) is 8.40 Å². The van der Waals surface area contributed by atoms with Gasteiger partial charge in [0.1, 0.15) is 0 Å². The second-order valence-corrected chi connectivity index (χ2v) is 9.63. The molecule has 0 aromatic heterocycles.